The maximum atomic E-state index is 13.5. The molecular formula is C10H19FN2O4. The summed E-state index contributed by atoms with van der Waals surface area (Å²) in [6.07, 6.45) is -1.57. The predicted molar refractivity (Wildman–Crippen MR) is 58.1 cm³/mol. The van der Waals surface area contributed by atoms with Gasteiger partial charge in [0.1, 0.15) is 6.17 Å². The van der Waals surface area contributed by atoms with Crippen LogP contribution in [0.1, 0.15) is 12.8 Å². The number of nitrogens with zero attached hydrogens (tertiary/aromatic N) is 1. The van der Waals surface area contributed by atoms with E-state index in [0.29, 0.717) is 13.1 Å². The van der Waals surface area contributed by atoms with E-state index in [1.54, 1.807) is 0 Å². The minimum absolute atomic E-state index is 0.158. The summed E-state index contributed by atoms with van der Waals surface area (Å²) in [6, 6.07) is -0.285. The molecule has 0 aromatic heterocycles. The number of amides is 2. The molecule has 2 amide bonds. The van der Waals surface area contributed by atoms with Crippen LogP contribution in [0.2, 0.25) is 0 Å². The van der Waals surface area contributed by atoms with Gasteiger partial charge in [0.15, 0.2) is 6.23 Å². The van der Waals surface area contributed by atoms with Crippen LogP contribution in [0.3, 0.4) is 0 Å². The van der Waals surface area contributed by atoms with Gasteiger partial charge in [-0.3, -0.25) is 4.90 Å². The van der Waals surface area contributed by atoms with Gasteiger partial charge in [-0.15, -0.1) is 0 Å². The predicted octanol–water partition coefficient (Wildman–Crippen LogP) is -0.544. The number of nitrogens with one attached hydrogen (secondary N) is 1. The molecule has 2 saturated heterocycles. The standard InChI is InChI=1S/C9H15FN2O3.CH4O/c10-7-4-6(5-13)15-8(7)12-3-1-2-11-9(12)14;1-2/h6-8,13H,1-5H2,(H,11,14);2H,1H3. The number of alkyl halides is 1. The maximum absolute atomic E-state index is 13.5. The smallest absolute Gasteiger partial charge is 0.319 e. The molecule has 2 aliphatic rings. The summed E-state index contributed by atoms with van der Waals surface area (Å²) in [5, 5.41) is 18.5. The van der Waals surface area contributed by atoms with Crippen molar-refractivity contribution in [3.63, 3.8) is 0 Å². The first-order chi connectivity index (χ1) is 8.22. The molecule has 0 aromatic rings. The molecule has 3 unspecified atom stereocenters. The van der Waals surface area contributed by atoms with E-state index < -0.39 is 18.5 Å². The molecule has 0 saturated carbocycles. The third kappa shape index (κ3) is 3.27. The molecule has 100 valence electrons. The average molecular weight is 250 g/mol. The van der Waals surface area contributed by atoms with Crippen molar-refractivity contribution in [1.29, 1.82) is 0 Å². The lowest BCUT2D eigenvalue weighted by atomic mass is 10.2. The van der Waals surface area contributed by atoms with Gasteiger partial charge >= 0.3 is 6.03 Å². The van der Waals surface area contributed by atoms with Gasteiger partial charge in [-0.25, -0.2) is 9.18 Å². The van der Waals surface area contributed by atoms with Crippen LogP contribution in [-0.2, 0) is 4.74 Å². The van der Waals surface area contributed by atoms with Crippen molar-refractivity contribution in [3.05, 3.63) is 0 Å². The number of halogens is 1. The number of carbonyl (C=O) groups is 1. The highest BCUT2D eigenvalue weighted by molar-refractivity contribution is 5.75. The zero-order valence-electron chi connectivity index (χ0n) is 9.80. The lowest BCUT2D eigenvalue weighted by molar-refractivity contribution is -0.0688. The van der Waals surface area contributed by atoms with E-state index in [1.807, 2.05) is 0 Å². The van der Waals surface area contributed by atoms with Gasteiger partial charge in [0.25, 0.3) is 0 Å². The maximum Gasteiger partial charge on any atom is 0.319 e. The highest BCUT2D eigenvalue weighted by Gasteiger charge is 2.41. The molecule has 2 rings (SSSR count). The van der Waals surface area contributed by atoms with Crippen molar-refractivity contribution in [3.8, 4) is 0 Å². The first-order valence-corrected chi connectivity index (χ1v) is 5.62. The Morgan fingerprint density at radius 1 is 1.59 bits per heavy atom. The minimum atomic E-state index is -1.20. The SMILES string of the molecule is CO.O=C1NCCCN1C1OC(CO)CC1F. The molecule has 0 aliphatic carbocycles. The number of urea groups is 1. The molecule has 3 atom stereocenters. The van der Waals surface area contributed by atoms with E-state index >= 15 is 0 Å². The van der Waals surface area contributed by atoms with Crippen LogP contribution in [0.4, 0.5) is 9.18 Å². The average Bonchev–Trinajstić information content (AvgIpc) is 2.74. The van der Waals surface area contributed by atoms with Crippen LogP contribution in [0.5, 0.6) is 0 Å². The van der Waals surface area contributed by atoms with Crippen molar-refractivity contribution in [1.82, 2.24) is 10.2 Å². The summed E-state index contributed by atoms with van der Waals surface area (Å²) in [7, 11) is 1.00. The Hall–Kier alpha value is -0.920. The van der Waals surface area contributed by atoms with Crippen LogP contribution >= 0.6 is 0 Å². The molecule has 0 aromatic carbocycles. The van der Waals surface area contributed by atoms with Gasteiger partial charge in [0.2, 0.25) is 0 Å². The zero-order chi connectivity index (χ0) is 12.8. The molecule has 3 N–H and O–H groups in total. The number of hydrogen-bond acceptors (Lipinski definition) is 4. The Morgan fingerprint density at radius 3 is 2.82 bits per heavy atom. The normalized spacial score (nSPS) is 32.8. The second-order valence-electron chi connectivity index (χ2n) is 3.86. The summed E-state index contributed by atoms with van der Waals surface area (Å²) in [5.74, 6) is 0. The summed E-state index contributed by atoms with van der Waals surface area (Å²) < 4.78 is 18.8. The topological polar surface area (TPSA) is 82.0 Å². The first-order valence-electron chi connectivity index (χ1n) is 5.62. The van der Waals surface area contributed by atoms with E-state index in [9.17, 15) is 9.18 Å². The van der Waals surface area contributed by atoms with Crippen LogP contribution in [0.25, 0.3) is 0 Å². The molecule has 6 nitrogen and oxygen atoms in total. The Kier molecular flexibility index (Phi) is 5.60. The fraction of sp³-hybridized carbons (Fsp3) is 0.900. The molecule has 2 fully saturated rings. The molecular weight excluding hydrogens is 231 g/mol. The highest BCUT2D eigenvalue weighted by Crippen LogP contribution is 2.26. The van der Waals surface area contributed by atoms with Crippen molar-refractivity contribution in [2.45, 2.75) is 31.3 Å². The fourth-order valence-electron chi connectivity index (χ4n) is 1.98. The molecule has 0 bridgehead atoms. The van der Waals surface area contributed by atoms with E-state index in [1.165, 1.54) is 4.90 Å². The van der Waals surface area contributed by atoms with Crippen molar-refractivity contribution >= 4 is 6.03 Å². The third-order valence-corrected chi connectivity index (χ3v) is 2.75. The second-order valence-corrected chi connectivity index (χ2v) is 3.86. The molecule has 0 radical (unpaired) electrons. The minimum Gasteiger partial charge on any atom is -0.400 e. The fourth-order valence-corrected chi connectivity index (χ4v) is 1.98. The van der Waals surface area contributed by atoms with E-state index in [0.717, 1.165) is 13.5 Å². The number of hydrogen-bond donors (Lipinski definition) is 3. The van der Waals surface area contributed by atoms with Gasteiger partial charge < -0.3 is 20.3 Å². The first kappa shape index (κ1) is 14.1. The van der Waals surface area contributed by atoms with Crippen molar-refractivity contribution < 1.29 is 24.1 Å². The van der Waals surface area contributed by atoms with Gasteiger partial charge in [0, 0.05) is 26.6 Å². The van der Waals surface area contributed by atoms with Crippen LogP contribution in [0, 0.1) is 0 Å². The van der Waals surface area contributed by atoms with E-state index in [2.05, 4.69) is 5.32 Å². The monoisotopic (exact) mass is 250 g/mol. The molecule has 7 heteroatoms. The Balaban J connectivity index is 0.000000686. The van der Waals surface area contributed by atoms with Crippen molar-refractivity contribution in [2.75, 3.05) is 26.8 Å². The molecule has 17 heavy (non-hydrogen) atoms. The summed E-state index contributed by atoms with van der Waals surface area (Å²) >= 11 is 0. The summed E-state index contributed by atoms with van der Waals surface area (Å²) in [6.45, 7) is 0.934. The molecule has 2 aliphatic heterocycles. The summed E-state index contributed by atoms with van der Waals surface area (Å²) in [5.41, 5.74) is 0. The van der Waals surface area contributed by atoms with Crippen LogP contribution < -0.4 is 5.32 Å². The highest BCUT2D eigenvalue weighted by atomic mass is 19.1. The number of aliphatic hydroxyl groups excluding tert-OH is 2. The molecule has 2 heterocycles. The summed E-state index contributed by atoms with van der Waals surface area (Å²) in [4.78, 5) is 12.8. The number of ether oxygens (including phenoxy) is 1. The lowest BCUT2D eigenvalue weighted by Crippen LogP contribution is -2.53. The number of rotatable bonds is 2. The molecule has 0 spiro atoms. The zero-order valence-corrected chi connectivity index (χ0v) is 9.80. The van der Waals surface area contributed by atoms with Crippen LogP contribution in [-0.4, -0.2) is 66.5 Å². The van der Waals surface area contributed by atoms with E-state index in [-0.39, 0.29) is 19.1 Å². The largest absolute Gasteiger partial charge is 0.400 e. The van der Waals surface area contributed by atoms with Crippen LogP contribution in [0.15, 0.2) is 0 Å². The number of carbonyl (C=O) groups excluding carboxylic acids is 1. The van der Waals surface area contributed by atoms with Gasteiger partial charge in [-0.2, -0.15) is 0 Å². The van der Waals surface area contributed by atoms with Gasteiger partial charge in [-0.05, 0) is 6.42 Å². The Labute approximate surface area is 99.4 Å². The number of aliphatic hydroxyl groups is 2. The Bertz CT molecular complexity index is 254. The third-order valence-electron chi connectivity index (χ3n) is 2.75. The Morgan fingerprint density at radius 2 is 2.29 bits per heavy atom. The van der Waals surface area contributed by atoms with Gasteiger partial charge in [0.05, 0.1) is 12.7 Å². The second kappa shape index (κ2) is 6.73. The van der Waals surface area contributed by atoms with E-state index in [4.69, 9.17) is 14.9 Å². The van der Waals surface area contributed by atoms with Crippen molar-refractivity contribution in [2.24, 2.45) is 0 Å². The van der Waals surface area contributed by atoms with Gasteiger partial charge in [-0.1, -0.05) is 0 Å². The lowest BCUT2D eigenvalue weighted by Gasteiger charge is -2.32. The quantitative estimate of drug-likeness (QED) is 0.614.